The molecular weight excluding hydrogens is 158 g/mol. The molecule has 12 heavy (non-hydrogen) atoms. The highest BCUT2D eigenvalue weighted by Crippen LogP contribution is 2.16. The lowest BCUT2D eigenvalue weighted by Crippen LogP contribution is -2.59. The molecule has 1 aliphatic heterocycles. The number of likely N-dealkylation sites (N-methyl/N-ethyl adjacent to an activating group) is 2. The molecule has 0 saturated carbocycles. The quantitative estimate of drug-likeness (QED) is 0.409. The highest BCUT2D eigenvalue weighted by molar-refractivity contribution is 4.84. The van der Waals surface area contributed by atoms with Crippen LogP contribution in [0.5, 0.6) is 0 Å². The zero-order chi connectivity index (χ0) is 9.35. The molecule has 0 unspecified atom stereocenters. The van der Waals surface area contributed by atoms with Crippen LogP contribution in [0.1, 0.15) is 6.92 Å². The highest BCUT2D eigenvalue weighted by atomic mass is 16.6. The number of nitrogens with zero attached hydrogens (tertiary/aromatic N) is 3. The maximum absolute atomic E-state index is 10.7. The first kappa shape index (κ1) is 9.41. The van der Waals surface area contributed by atoms with E-state index >= 15 is 0 Å². The average molecular weight is 173 g/mol. The summed E-state index contributed by atoms with van der Waals surface area (Å²) < 4.78 is 0. The lowest BCUT2D eigenvalue weighted by Gasteiger charge is -2.37. The van der Waals surface area contributed by atoms with Crippen LogP contribution in [0.3, 0.4) is 0 Å². The first-order valence-corrected chi connectivity index (χ1v) is 3.96. The minimum absolute atomic E-state index is 0.181. The van der Waals surface area contributed by atoms with Crippen molar-refractivity contribution >= 4 is 0 Å². The molecule has 0 aliphatic carbocycles. The van der Waals surface area contributed by atoms with Crippen LogP contribution in [-0.2, 0) is 0 Å². The summed E-state index contributed by atoms with van der Waals surface area (Å²) in [6.45, 7) is 3.57. The number of hydrogen-bond acceptors (Lipinski definition) is 4. The summed E-state index contributed by atoms with van der Waals surface area (Å²) in [7, 11) is 3.80. The monoisotopic (exact) mass is 173 g/mol. The van der Waals surface area contributed by atoms with Crippen molar-refractivity contribution < 1.29 is 4.92 Å². The van der Waals surface area contributed by atoms with E-state index in [2.05, 4.69) is 0 Å². The van der Waals surface area contributed by atoms with Crippen LogP contribution in [0, 0.1) is 10.1 Å². The molecule has 0 bridgehead atoms. The number of hydrogen-bond donors (Lipinski definition) is 0. The van der Waals surface area contributed by atoms with Gasteiger partial charge in [0, 0.05) is 11.8 Å². The summed E-state index contributed by atoms with van der Waals surface area (Å²) in [4.78, 5) is 14.5. The van der Waals surface area contributed by atoms with Gasteiger partial charge in [0.2, 0.25) is 5.54 Å². The summed E-state index contributed by atoms with van der Waals surface area (Å²) in [5.74, 6) is 0. The van der Waals surface area contributed by atoms with Crippen molar-refractivity contribution in [1.82, 2.24) is 9.80 Å². The van der Waals surface area contributed by atoms with Crippen molar-refractivity contribution in [2.45, 2.75) is 12.5 Å². The van der Waals surface area contributed by atoms with Gasteiger partial charge < -0.3 is 0 Å². The van der Waals surface area contributed by atoms with Gasteiger partial charge in [0.25, 0.3) is 0 Å². The molecule has 0 amide bonds. The molecular formula is C7H15N3O2. The molecule has 0 radical (unpaired) electrons. The molecule has 0 aromatic rings. The van der Waals surface area contributed by atoms with Crippen molar-refractivity contribution in [2.75, 3.05) is 33.9 Å². The average Bonchev–Trinajstić information content (AvgIpc) is 1.82. The molecule has 1 rings (SSSR count). The fraction of sp³-hybridized carbons (Fsp3) is 1.00. The molecule has 70 valence electrons. The molecule has 0 aromatic heterocycles. The Balaban J connectivity index is 2.71. The van der Waals surface area contributed by atoms with Gasteiger partial charge in [0.1, 0.15) is 0 Å². The van der Waals surface area contributed by atoms with Gasteiger partial charge in [-0.2, -0.15) is 0 Å². The zero-order valence-electron chi connectivity index (χ0n) is 7.78. The number of nitro groups is 1. The third-order valence-corrected chi connectivity index (χ3v) is 2.14. The summed E-state index contributed by atoms with van der Waals surface area (Å²) in [6.07, 6.45) is 0. The maximum Gasteiger partial charge on any atom is 0.244 e. The molecule has 1 fully saturated rings. The molecule has 1 heterocycles. The van der Waals surface area contributed by atoms with Crippen molar-refractivity contribution in [1.29, 1.82) is 0 Å². The molecule has 1 saturated heterocycles. The maximum atomic E-state index is 10.7. The molecule has 0 spiro atoms. The van der Waals surface area contributed by atoms with Crippen LogP contribution in [0.2, 0.25) is 0 Å². The molecule has 5 nitrogen and oxygen atoms in total. The Kier molecular flexibility index (Phi) is 2.34. The van der Waals surface area contributed by atoms with Gasteiger partial charge >= 0.3 is 0 Å². The van der Waals surface area contributed by atoms with E-state index in [0.29, 0.717) is 13.1 Å². The second-order valence-corrected chi connectivity index (χ2v) is 3.92. The van der Waals surface area contributed by atoms with Gasteiger partial charge in [-0.25, -0.2) is 0 Å². The van der Waals surface area contributed by atoms with E-state index in [1.54, 1.807) is 6.92 Å². The van der Waals surface area contributed by atoms with Crippen LogP contribution in [0.25, 0.3) is 0 Å². The van der Waals surface area contributed by atoms with E-state index in [-0.39, 0.29) is 4.92 Å². The summed E-state index contributed by atoms with van der Waals surface area (Å²) in [5.41, 5.74) is -0.804. The normalized spacial score (nSPS) is 25.6. The van der Waals surface area contributed by atoms with Crippen molar-refractivity contribution in [2.24, 2.45) is 0 Å². The molecule has 0 aromatic carbocycles. The summed E-state index contributed by atoms with van der Waals surface area (Å²) in [5, 5.41) is 10.7. The second kappa shape index (κ2) is 2.99. The summed E-state index contributed by atoms with van der Waals surface area (Å²) >= 11 is 0. The van der Waals surface area contributed by atoms with Crippen molar-refractivity contribution in [3.8, 4) is 0 Å². The standard InChI is InChI=1S/C7H15N3O2/c1-7(10(11)12)4-8(2)6-9(3)5-7/h4-6H2,1-3H3. The van der Waals surface area contributed by atoms with E-state index in [1.165, 1.54) is 0 Å². The minimum atomic E-state index is -0.804. The van der Waals surface area contributed by atoms with Crippen LogP contribution >= 0.6 is 0 Å². The smallest absolute Gasteiger partial charge is 0.244 e. The van der Waals surface area contributed by atoms with E-state index < -0.39 is 5.54 Å². The Hall–Kier alpha value is -0.680. The molecule has 1 aliphatic rings. The lowest BCUT2D eigenvalue weighted by atomic mass is 10.0. The van der Waals surface area contributed by atoms with Gasteiger partial charge in [-0.1, -0.05) is 0 Å². The van der Waals surface area contributed by atoms with Gasteiger partial charge in [-0.05, 0) is 14.1 Å². The Morgan fingerprint density at radius 2 is 1.75 bits per heavy atom. The topological polar surface area (TPSA) is 49.6 Å². The van der Waals surface area contributed by atoms with E-state index in [0.717, 1.165) is 6.67 Å². The van der Waals surface area contributed by atoms with Crippen molar-refractivity contribution in [3.63, 3.8) is 0 Å². The Morgan fingerprint density at radius 3 is 2.08 bits per heavy atom. The number of rotatable bonds is 1. The predicted molar refractivity (Wildman–Crippen MR) is 45.5 cm³/mol. The first-order valence-electron chi connectivity index (χ1n) is 3.96. The fourth-order valence-corrected chi connectivity index (χ4v) is 1.84. The van der Waals surface area contributed by atoms with Gasteiger partial charge in [-0.15, -0.1) is 0 Å². The van der Waals surface area contributed by atoms with Gasteiger partial charge in [-0.3, -0.25) is 19.9 Å². The molecule has 5 heteroatoms. The van der Waals surface area contributed by atoms with E-state index in [9.17, 15) is 10.1 Å². The SMILES string of the molecule is CN1CN(C)CC(C)([N+](=O)[O-])C1. The van der Waals surface area contributed by atoms with Crippen LogP contribution < -0.4 is 0 Å². The largest absolute Gasteiger partial charge is 0.287 e. The Morgan fingerprint density at radius 1 is 1.33 bits per heavy atom. The first-order chi connectivity index (χ1) is 5.44. The Labute approximate surface area is 72.1 Å². The molecule has 0 atom stereocenters. The van der Waals surface area contributed by atoms with Crippen LogP contribution in [0.15, 0.2) is 0 Å². The van der Waals surface area contributed by atoms with Crippen molar-refractivity contribution in [3.05, 3.63) is 10.1 Å². The fourth-order valence-electron chi connectivity index (χ4n) is 1.84. The minimum Gasteiger partial charge on any atom is -0.287 e. The molecule has 0 N–H and O–H groups in total. The summed E-state index contributed by atoms with van der Waals surface area (Å²) in [6, 6.07) is 0. The van der Waals surface area contributed by atoms with E-state index in [4.69, 9.17) is 0 Å². The van der Waals surface area contributed by atoms with Crippen LogP contribution in [0.4, 0.5) is 0 Å². The van der Waals surface area contributed by atoms with Gasteiger partial charge in [0.05, 0.1) is 19.8 Å². The third-order valence-electron chi connectivity index (χ3n) is 2.14. The van der Waals surface area contributed by atoms with Crippen LogP contribution in [-0.4, -0.2) is 54.1 Å². The lowest BCUT2D eigenvalue weighted by molar-refractivity contribution is -0.569. The van der Waals surface area contributed by atoms with E-state index in [1.807, 2.05) is 23.9 Å². The zero-order valence-corrected chi connectivity index (χ0v) is 7.78. The third kappa shape index (κ3) is 1.73. The highest BCUT2D eigenvalue weighted by Gasteiger charge is 2.42. The predicted octanol–water partition coefficient (Wildman–Crippen LogP) is -0.143. The Bertz CT molecular complexity index is 185. The van der Waals surface area contributed by atoms with Gasteiger partial charge in [0.15, 0.2) is 0 Å². The second-order valence-electron chi connectivity index (χ2n) is 3.92.